The van der Waals surface area contributed by atoms with Crippen LogP contribution in [0, 0.1) is 5.92 Å². The maximum absolute atomic E-state index is 5.95. The molecule has 0 radical (unpaired) electrons. The molecule has 0 bridgehead atoms. The van der Waals surface area contributed by atoms with Crippen molar-refractivity contribution < 1.29 is 4.42 Å². The molecule has 2 atom stereocenters. The van der Waals surface area contributed by atoms with Crippen molar-refractivity contribution in [1.29, 1.82) is 0 Å². The molecule has 0 amide bonds. The smallest absolute Gasteiger partial charge is 0.136 e. The zero-order chi connectivity index (χ0) is 12.4. The Kier molecular flexibility index (Phi) is 4.28. The average molecular weight is 301 g/mol. The first kappa shape index (κ1) is 13.1. The summed E-state index contributed by atoms with van der Waals surface area (Å²) in [6.45, 7) is 6.30. The van der Waals surface area contributed by atoms with E-state index in [-0.39, 0.29) is 6.04 Å². The highest BCUT2D eigenvalue weighted by molar-refractivity contribution is 9.10. The van der Waals surface area contributed by atoms with Crippen LogP contribution < -0.4 is 5.73 Å². The highest BCUT2D eigenvalue weighted by atomic mass is 79.9. The summed E-state index contributed by atoms with van der Waals surface area (Å²) < 4.78 is 6.62. The van der Waals surface area contributed by atoms with Gasteiger partial charge < -0.3 is 10.2 Å². The van der Waals surface area contributed by atoms with Crippen molar-refractivity contribution in [3.05, 3.63) is 22.6 Å². The summed E-state index contributed by atoms with van der Waals surface area (Å²) >= 11 is 3.54. The third-order valence-electron chi connectivity index (χ3n) is 3.68. The third-order valence-corrected chi connectivity index (χ3v) is 4.34. The number of nitrogens with two attached hydrogens (primary N) is 1. The highest BCUT2D eigenvalue weighted by Crippen LogP contribution is 2.35. The van der Waals surface area contributed by atoms with Gasteiger partial charge in [-0.25, -0.2) is 0 Å². The number of halogens is 1. The Morgan fingerprint density at radius 2 is 2.35 bits per heavy atom. The molecule has 1 saturated heterocycles. The Bertz CT molecular complexity index is 364. The van der Waals surface area contributed by atoms with Crippen molar-refractivity contribution in [3.8, 4) is 0 Å². The van der Waals surface area contributed by atoms with Gasteiger partial charge in [-0.3, -0.25) is 4.90 Å². The van der Waals surface area contributed by atoms with Gasteiger partial charge in [0.25, 0.3) is 0 Å². The number of hydrogen-bond donors (Lipinski definition) is 1. The first-order valence-electron chi connectivity index (χ1n) is 6.33. The van der Waals surface area contributed by atoms with E-state index in [1.54, 1.807) is 6.26 Å². The van der Waals surface area contributed by atoms with Crippen LogP contribution in [0.3, 0.4) is 0 Å². The molecule has 4 heteroatoms. The van der Waals surface area contributed by atoms with E-state index < -0.39 is 0 Å². The predicted octanol–water partition coefficient (Wildman–Crippen LogP) is 3.16. The largest absolute Gasteiger partial charge is 0.466 e. The summed E-state index contributed by atoms with van der Waals surface area (Å²) in [6, 6.07) is 2.77. The zero-order valence-corrected chi connectivity index (χ0v) is 12.1. The van der Waals surface area contributed by atoms with E-state index >= 15 is 0 Å². The van der Waals surface area contributed by atoms with Crippen molar-refractivity contribution >= 4 is 15.9 Å². The zero-order valence-electron chi connectivity index (χ0n) is 10.5. The number of furan rings is 1. The van der Waals surface area contributed by atoms with Crippen LogP contribution in [0.5, 0.6) is 0 Å². The van der Waals surface area contributed by atoms with E-state index in [1.165, 1.54) is 12.8 Å². The minimum atomic E-state index is 0.203. The topological polar surface area (TPSA) is 42.4 Å². The molecule has 2 N–H and O–H groups in total. The van der Waals surface area contributed by atoms with Gasteiger partial charge in [-0.15, -0.1) is 0 Å². The van der Waals surface area contributed by atoms with E-state index in [0.29, 0.717) is 18.5 Å². The second-order valence-corrected chi connectivity index (χ2v) is 5.93. The van der Waals surface area contributed by atoms with E-state index in [1.807, 2.05) is 6.07 Å². The Labute approximate surface area is 111 Å². The van der Waals surface area contributed by atoms with Gasteiger partial charge in [-0.05, 0) is 47.3 Å². The molecule has 0 aliphatic carbocycles. The fraction of sp³-hybridized carbons (Fsp3) is 0.692. The molecule has 0 aromatic carbocycles. The Balaban J connectivity index is 2.21. The number of likely N-dealkylation sites (tertiary alicyclic amines) is 1. The van der Waals surface area contributed by atoms with Crippen molar-refractivity contribution in [1.82, 2.24) is 4.90 Å². The molecular weight excluding hydrogens is 280 g/mol. The minimum absolute atomic E-state index is 0.203. The van der Waals surface area contributed by atoms with Gasteiger partial charge in [0.2, 0.25) is 0 Å². The monoisotopic (exact) mass is 300 g/mol. The molecule has 2 rings (SSSR count). The van der Waals surface area contributed by atoms with Crippen LogP contribution in [0.4, 0.5) is 0 Å². The lowest BCUT2D eigenvalue weighted by Gasteiger charge is -2.33. The van der Waals surface area contributed by atoms with Crippen LogP contribution in [0.25, 0.3) is 0 Å². The van der Waals surface area contributed by atoms with Crippen molar-refractivity contribution in [2.24, 2.45) is 11.7 Å². The Morgan fingerprint density at radius 3 is 2.88 bits per heavy atom. The van der Waals surface area contributed by atoms with Crippen LogP contribution in [0.1, 0.15) is 38.5 Å². The lowest BCUT2D eigenvalue weighted by atomic mass is 10.0. The first-order chi connectivity index (χ1) is 8.15. The Hall–Kier alpha value is -0.320. The normalized spacial score (nSPS) is 23.5. The van der Waals surface area contributed by atoms with E-state index in [2.05, 4.69) is 34.7 Å². The summed E-state index contributed by atoms with van der Waals surface area (Å²) in [5.74, 6) is 1.64. The standard InChI is InChI=1S/C13H21BrN2O/c1-9(2)11-4-3-6-16(11)12(8-15)13-10(14)5-7-17-13/h5,7,9,11-12H,3-4,6,8,15H2,1-2H3. The van der Waals surface area contributed by atoms with Gasteiger partial charge in [-0.1, -0.05) is 13.8 Å². The van der Waals surface area contributed by atoms with Crippen LogP contribution in [0.2, 0.25) is 0 Å². The van der Waals surface area contributed by atoms with Gasteiger partial charge in [0.05, 0.1) is 16.8 Å². The molecule has 1 aliphatic rings. The van der Waals surface area contributed by atoms with E-state index in [0.717, 1.165) is 16.8 Å². The summed E-state index contributed by atoms with van der Waals surface area (Å²) in [7, 11) is 0. The molecule has 2 heterocycles. The summed E-state index contributed by atoms with van der Waals surface area (Å²) in [5.41, 5.74) is 5.95. The quantitative estimate of drug-likeness (QED) is 0.929. The highest BCUT2D eigenvalue weighted by Gasteiger charge is 2.34. The summed E-state index contributed by atoms with van der Waals surface area (Å²) in [5, 5.41) is 0. The lowest BCUT2D eigenvalue weighted by molar-refractivity contribution is 0.133. The van der Waals surface area contributed by atoms with Crippen molar-refractivity contribution in [2.75, 3.05) is 13.1 Å². The molecule has 96 valence electrons. The third kappa shape index (κ3) is 2.59. The second-order valence-electron chi connectivity index (χ2n) is 5.08. The van der Waals surface area contributed by atoms with Crippen LogP contribution in [-0.2, 0) is 0 Å². The lowest BCUT2D eigenvalue weighted by Crippen LogP contribution is -2.39. The number of rotatable bonds is 4. The van der Waals surface area contributed by atoms with Gasteiger partial charge in [0.1, 0.15) is 5.76 Å². The van der Waals surface area contributed by atoms with Gasteiger partial charge in [0.15, 0.2) is 0 Å². The molecule has 2 unspecified atom stereocenters. The van der Waals surface area contributed by atoms with Crippen LogP contribution in [0.15, 0.2) is 21.2 Å². The number of hydrogen-bond acceptors (Lipinski definition) is 3. The SMILES string of the molecule is CC(C)C1CCCN1C(CN)c1occc1Br. The first-order valence-corrected chi connectivity index (χ1v) is 7.13. The fourth-order valence-electron chi connectivity index (χ4n) is 2.85. The van der Waals surface area contributed by atoms with E-state index in [9.17, 15) is 0 Å². The van der Waals surface area contributed by atoms with Gasteiger partial charge >= 0.3 is 0 Å². The Morgan fingerprint density at radius 1 is 1.59 bits per heavy atom. The summed E-state index contributed by atoms with van der Waals surface area (Å²) in [4.78, 5) is 2.51. The molecule has 3 nitrogen and oxygen atoms in total. The predicted molar refractivity (Wildman–Crippen MR) is 72.8 cm³/mol. The summed E-state index contributed by atoms with van der Waals surface area (Å²) in [6.07, 6.45) is 4.26. The minimum Gasteiger partial charge on any atom is -0.466 e. The second kappa shape index (κ2) is 5.55. The maximum atomic E-state index is 5.95. The van der Waals surface area contributed by atoms with Crippen LogP contribution in [-0.4, -0.2) is 24.0 Å². The van der Waals surface area contributed by atoms with Gasteiger partial charge in [0, 0.05) is 12.6 Å². The number of nitrogens with zero attached hydrogens (tertiary/aromatic N) is 1. The fourth-order valence-corrected chi connectivity index (χ4v) is 3.32. The molecule has 0 spiro atoms. The molecule has 1 aromatic rings. The van der Waals surface area contributed by atoms with Gasteiger partial charge in [-0.2, -0.15) is 0 Å². The molecule has 17 heavy (non-hydrogen) atoms. The molecular formula is C13H21BrN2O. The molecule has 0 saturated carbocycles. The molecule has 1 aromatic heterocycles. The van der Waals surface area contributed by atoms with Crippen molar-refractivity contribution in [3.63, 3.8) is 0 Å². The van der Waals surface area contributed by atoms with Crippen molar-refractivity contribution in [2.45, 2.75) is 38.8 Å². The molecule has 1 aliphatic heterocycles. The average Bonchev–Trinajstić information content (AvgIpc) is 2.90. The van der Waals surface area contributed by atoms with E-state index in [4.69, 9.17) is 10.2 Å². The molecule has 1 fully saturated rings. The van der Waals surface area contributed by atoms with Crippen LogP contribution >= 0.6 is 15.9 Å². The maximum Gasteiger partial charge on any atom is 0.136 e.